The van der Waals surface area contributed by atoms with Crippen LogP contribution in [0.1, 0.15) is 17.2 Å². The highest BCUT2D eigenvalue weighted by atomic mass is 16.5. The minimum atomic E-state index is -0.571. The number of fused-ring (bicyclic) bond motifs is 1. The zero-order valence-electron chi connectivity index (χ0n) is 10.3. The molecule has 0 spiro atoms. The number of nitrogens with one attached hydrogen (secondary N) is 1. The number of anilines is 1. The average Bonchev–Trinajstić information content (AvgIpc) is 2.73. The van der Waals surface area contributed by atoms with Gasteiger partial charge in [-0.2, -0.15) is 0 Å². The van der Waals surface area contributed by atoms with Crippen molar-refractivity contribution in [2.24, 2.45) is 5.73 Å². The largest absolute Gasteiger partial charge is 0.489 e. The van der Waals surface area contributed by atoms with Gasteiger partial charge >= 0.3 is 0 Å². The van der Waals surface area contributed by atoms with Crippen LogP contribution < -0.4 is 15.8 Å². The summed E-state index contributed by atoms with van der Waals surface area (Å²) in [6.45, 7) is 0.500. The summed E-state index contributed by atoms with van der Waals surface area (Å²) in [6, 6.07) is 14.8. The molecule has 96 valence electrons. The number of amides is 1. The maximum atomic E-state index is 11.4. The van der Waals surface area contributed by atoms with Gasteiger partial charge in [-0.3, -0.25) is 4.79 Å². The molecule has 0 saturated heterocycles. The quantitative estimate of drug-likeness (QED) is 0.882. The molecule has 2 aromatic rings. The van der Waals surface area contributed by atoms with Crippen molar-refractivity contribution >= 4 is 11.6 Å². The smallest absolute Gasteiger partial charge is 0.245 e. The molecule has 1 unspecified atom stereocenters. The summed E-state index contributed by atoms with van der Waals surface area (Å²) in [5, 5.41) is 2.74. The average molecular weight is 254 g/mol. The molecular weight excluding hydrogens is 240 g/mol. The molecule has 3 N–H and O–H groups in total. The van der Waals surface area contributed by atoms with Crippen LogP contribution in [-0.2, 0) is 11.4 Å². The van der Waals surface area contributed by atoms with Crippen LogP contribution in [0.4, 0.5) is 5.69 Å². The number of rotatable bonds is 3. The van der Waals surface area contributed by atoms with Crippen LogP contribution in [0.15, 0.2) is 48.5 Å². The first kappa shape index (κ1) is 11.7. The fourth-order valence-corrected chi connectivity index (χ4v) is 2.10. The Morgan fingerprint density at radius 1 is 1.16 bits per heavy atom. The molecule has 1 amide bonds. The molecule has 2 aromatic carbocycles. The van der Waals surface area contributed by atoms with Crippen molar-refractivity contribution < 1.29 is 9.53 Å². The Morgan fingerprint density at radius 2 is 1.95 bits per heavy atom. The summed E-state index contributed by atoms with van der Waals surface area (Å²) in [5.74, 6) is 0.548. The Kier molecular flexibility index (Phi) is 2.93. The third-order valence-corrected chi connectivity index (χ3v) is 3.15. The van der Waals surface area contributed by atoms with Gasteiger partial charge in [0.05, 0.1) is 0 Å². The van der Waals surface area contributed by atoms with E-state index in [1.165, 1.54) is 0 Å². The Hall–Kier alpha value is -2.33. The molecule has 1 aliphatic heterocycles. The van der Waals surface area contributed by atoms with Crippen LogP contribution in [0.3, 0.4) is 0 Å². The molecule has 3 rings (SSSR count). The topological polar surface area (TPSA) is 64.4 Å². The number of carbonyl (C=O) groups excluding carboxylic acids is 1. The minimum absolute atomic E-state index is 0.171. The predicted molar refractivity (Wildman–Crippen MR) is 72.8 cm³/mol. The van der Waals surface area contributed by atoms with Crippen molar-refractivity contribution in [1.82, 2.24) is 0 Å². The second-order valence-electron chi connectivity index (χ2n) is 4.49. The summed E-state index contributed by atoms with van der Waals surface area (Å²) >= 11 is 0. The molecule has 0 fully saturated rings. The molecule has 0 aliphatic carbocycles. The highest BCUT2D eigenvalue weighted by Crippen LogP contribution is 2.32. The third kappa shape index (κ3) is 2.30. The Bertz CT molecular complexity index is 611. The molecule has 1 aliphatic rings. The van der Waals surface area contributed by atoms with Gasteiger partial charge in [-0.25, -0.2) is 0 Å². The van der Waals surface area contributed by atoms with Gasteiger partial charge in [0.15, 0.2) is 0 Å². The lowest BCUT2D eigenvalue weighted by atomic mass is 10.1. The number of ether oxygens (including phenoxy) is 1. The van der Waals surface area contributed by atoms with E-state index < -0.39 is 6.04 Å². The maximum Gasteiger partial charge on any atom is 0.245 e. The maximum absolute atomic E-state index is 11.4. The molecule has 1 atom stereocenters. The van der Waals surface area contributed by atoms with Crippen molar-refractivity contribution in [3.8, 4) is 5.75 Å². The van der Waals surface area contributed by atoms with E-state index in [2.05, 4.69) is 5.32 Å². The lowest BCUT2D eigenvalue weighted by Crippen LogP contribution is -2.19. The third-order valence-electron chi connectivity index (χ3n) is 3.15. The monoisotopic (exact) mass is 254 g/mol. The molecule has 0 radical (unpaired) electrons. The highest BCUT2D eigenvalue weighted by molar-refractivity contribution is 6.02. The van der Waals surface area contributed by atoms with Crippen LogP contribution in [0.25, 0.3) is 0 Å². The van der Waals surface area contributed by atoms with Crippen molar-refractivity contribution in [3.05, 3.63) is 59.7 Å². The van der Waals surface area contributed by atoms with Gasteiger partial charge in [0.25, 0.3) is 0 Å². The number of hydrogen-bond donors (Lipinski definition) is 2. The van der Waals surface area contributed by atoms with E-state index in [0.717, 1.165) is 22.6 Å². The number of nitrogens with two attached hydrogens (primary N) is 1. The van der Waals surface area contributed by atoms with Gasteiger partial charge < -0.3 is 15.8 Å². The van der Waals surface area contributed by atoms with Crippen LogP contribution in [0.5, 0.6) is 5.75 Å². The van der Waals surface area contributed by atoms with Gasteiger partial charge in [0.2, 0.25) is 5.91 Å². The first-order valence-electron chi connectivity index (χ1n) is 6.11. The van der Waals surface area contributed by atoms with Gasteiger partial charge in [0.1, 0.15) is 18.4 Å². The first-order chi connectivity index (χ1) is 9.24. The molecule has 0 bridgehead atoms. The zero-order chi connectivity index (χ0) is 13.2. The predicted octanol–water partition coefficient (Wildman–Crippen LogP) is 2.22. The second kappa shape index (κ2) is 4.74. The van der Waals surface area contributed by atoms with Crippen molar-refractivity contribution in [2.75, 3.05) is 5.32 Å². The van der Waals surface area contributed by atoms with E-state index in [0.29, 0.717) is 6.61 Å². The first-order valence-corrected chi connectivity index (χ1v) is 6.11. The Labute approximate surface area is 111 Å². The summed E-state index contributed by atoms with van der Waals surface area (Å²) < 4.78 is 5.70. The van der Waals surface area contributed by atoms with E-state index in [1.807, 2.05) is 48.5 Å². The van der Waals surface area contributed by atoms with Gasteiger partial charge in [-0.1, -0.05) is 36.4 Å². The minimum Gasteiger partial charge on any atom is -0.489 e. The van der Waals surface area contributed by atoms with Crippen molar-refractivity contribution in [2.45, 2.75) is 12.6 Å². The fourth-order valence-electron chi connectivity index (χ4n) is 2.10. The molecular formula is C15H14N2O2. The van der Waals surface area contributed by atoms with E-state index >= 15 is 0 Å². The highest BCUT2D eigenvalue weighted by Gasteiger charge is 2.27. The van der Waals surface area contributed by atoms with Crippen molar-refractivity contribution in [1.29, 1.82) is 0 Å². The fraction of sp³-hybridized carbons (Fsp3) is 0.133. The summed E-state index contributed by atoms with van der Waals surface area (Å²) in [4.78, 5) is 11.4. The lowest BCUT2D eigenvalue weighted by molar-refractivity contribution is -0.116. The van der Waals surface area contributed by atoms with Crippen LogP contribution in [-0.4, -0.2) is 5.91 Å². The molecule has 0 aromatic heterocycles. The number of carbonyl (C=O) groups is 1. The molecule has 4 heteroatoms. The Morgan fingerprint density at radius 3 is 2.74 bits per heavy atom. The van der Waals surface area contributed by atoms with E-state index in [-0.39, 0.29) is 5.91 Å². The second-order valence-corrected chi connectivity index (χ2v) is 4.49. The molecule has 1 heterocycles. The van der Waals surface area contributed by atoms with E-state index in [1.54, 1.807) is 0 Å². The SMILES string of the molecule is NC1C(=O)Nc2cc(OCc3ccccc3)ccc21. The summed E-state index contributed by atoms with van der Waals surface area (Å²) in [6.07, 6.45) is 0. The van der Waals surface area contributed by atoms with Gasteiger partial charge in [-0.05, 0) is 11.6 Å². The molecule has 19 heavy (non-hydrogen) atoms. The van der Waals surface area contributed by atoms with Crippen LogP contribution in [0, 0.1) is 0 Å². The summed E-state index contributed by atoms with van der Waals surface area (Å²) in [5.41, 5.74) is 8.41. The van der Waals surface area contributed by atoms with Gasteiger partial charge in [0, 0.05) is 17.3 Å². The van der Waals surface area contributed by atoms with Gasteiger partial charge in [-0.15, -0.1) is 0 Å². The van der Waals surface area contributed by atoms with Crippen molar-refractivity contribution in [3.63, 3.8) is 0 Å². The standard InChI is InChI=1S/C15H14N2O2/c16-14-12-7-6-11(8-13(12)17-15(14)18)19-9-10-4-2-1-3-5-10/h1-8,14H,9,16H2,(H,17,18). The zero-order valence-corrected chi connectivity index (χ0v) is 10.3. The Balaban J connectivity index is 1.74. The van der Waals surface area contributed by atoms with Crippen LogP contribution in [0.2, 0.25) is 0 Å². The molecule has 4 nitrogen and oxygen atoms in total. The number of benzene rings is 2. The molecule has 0 saturated carbocycles. The van der Waals surface area contributed by atoms with E-state index in [9.17, 15) is 4.79 Å². The normalized spacial score (nSPS) is 16.9. The summed E-state index contributed by atoms with van der Waals surface area (Å²) in [7, 11) is 0. The number of hydrogen-bond acceptors (Lipinski definition) is 3. The lowest BCUT2D eigenvalue weighted by Gasteiger charge is -2.08. The van der Waals surface area contributed by atoms with Crippen LogP contribution >= 0.6 is 0 Å². The van der Waals surface area contributed by atoms with E-state index in [4.69, 9.17) is 10.5 Å².